The van der Waals surface area contributed by atoms with Gasteiger partial charge in [-0.25, -0.2) is 0 Å². The number of hydrogen-bond acceptors (Lipinski definition) is 1. The molecule has 0 radical (unpaired) electrons. The van der Waals surface area contributed by atoms with Crippen molar-refractivity contribution in [3.8, 4) is 0 Å². The molecule has 0 aromatic rings. The molecule has 0 spiro atoms. The van der Waals surface area contributed by atoms with E-state index in [0.717, 1.165) is 18.4 Å². The lowest BCUT2D eigenvalue weighted by molar-refractivity contribution is 0.533. The van der Waals surface area contributed by atoms with Crippen molar-refractivity contribution >= 4 is 5.71 Å². The largest absolute Gasteiger partial charge is 0.294 e. The van der Waals surface area contributed by atoms with E-state index in [1.807, 2.05) is 0 Å². The van der Waals surface area contributed by atoms with Crippen LogP contribution in [0, 0.1) is 11.8 Å². The topological polar surface area (TPSA) is 12.4 Å². The third-order valence-corrected chi connectivity index (χ3v) is 2.14. The highest BCUT2D eigenvalue weighted by atomic mass is 14.8. The van der Waals surface area contributed by atoms with Gasteiger partial charge in [-0.2, -0.15) is 0 Å². The van der Waals surface area contributed by atoms with Crippen molar-refractivity contribution in [2.24, 2.45) is 16.8 Å². The number of rotatable bonds is 0. The summed E-state index contributed by atoms with van der Waals surface area (Å²) in [5, 5.41) is 0. The van der Waals surface area contributed by atoms with E-state index in [9.17, 15) is 0 Å². The molecule has 0 aromatic heterocycles. The Bertz CT molecular complexity index is 116. The van der Waals surface area contributed by atoms with Gasteiger partial charge in [0.25, 0.3) is 0 Å². The van der Waals surface area contributed by atoms with Gasteiger partial charge in [0.2, 0.25) is 0 Å². The van der Waals surface area contributed by atoms with Crippen LogP contribution in [0.5, 0.6) is 0 Å². The molecule has 0 N–H and O–H groups in total. The van der Waals surface area contributed by atoms with Gasteiger partial charge in [0.05, 0.1) is 0 Å². The van der Waals surface area contributed by atoms with Crippen LogP contribution >= 0.6 is 0 Å². The Hall–Kier alpha value is -0.330. The van der Waals surface area contributed by atoms with E-state index < -0.39 is 0 Å². The SMILES string of the molecule is CC1=NC[C@H](C)[C@H]1C. The molecule has 0 bridgehead atoms. The van der Waals surface area contributed by atoms with E-state index in [-0.39, 0.29) is 0 Å². The minimum Gasteiger partial charge on any atom is -0.294 e. The maximum absolute atomic E-state index is 4.31. The molecule has 1 nitrogen and oxygen atoms in total. The van der Waals surface area contributed by atoms with Crippen molar-refractivity contribution in [1.82, 2.24) is 0 Å². The average molecular weight is 111 g/mol. The van der Waals surface area contributed by atoms with E-state index in [1.165, 1.54) is 5.71 Å². The molecule has 0 amide bonds. The lowest BCUT2D eigenvalue weighted by Gasteiger charge is -2.06. The molecule has 0 saturated carbocycles. The summed E-state index contributed by atoms with van der Waals surface area (Å²) in [5.74, 6) is 1.52. The maximum Gasteiger partial charge on any atom is 0.0420 e. The molecule has 0 fully saturated rings. The third kappa shape index (κ3) is 0.770. The molecule has 0 aliphatic carbocycles. The first-order chi connectivity index (χ1) is 3.72. The van der Waals surface area contributed by atoms with Gasteiger partial charge in [0.15, 0.2) is 0 Å². The Labute approximate surface area is 50.8 Å². The fourth-order valence-electron chi connectivity index (χ4n) is 1.00. The molecule has 2 atom stereocenters. The van der Waals surface area contributed by atoms with Crippen molar-refractivity contribution < 1.29 is 0 Å². The van der Waals surface area contributed by atoms with Crippen molar-refractivity contribution in [2.75, 3.05) is 6.54 Å². The van der Waals surface area contributed by atoms with Gasteiger partial charge in [-0.3, -0.25) is 4.99 Å². The second-order valence-electron chi connectivity index (χ2n) is 2.75. The van der Waals surface area contributed by atoms with Gasteiger partial charge in [-0.15, -0.1) is 0 Å². The Morgan fingerprint density at radius 1 is 1.50 bits per heavy atom. The average Bonchev–Trinajstić information content (AvgIpc) is 1.98. The number of nitrogens with zero attached hydrogens (tertiary/aromatic N) is 1. The summed E-state index contributed by atoms with van der Waals surface area (Å²) < 4.78 is 0. The molecule has 0 saturated heterocycles. The van der Waals surface area contributed by atoms with Crippen LogP contribution in [0.3, 0.4) is 0 Å². The normalized spacial score (nSPS) is 37.6. The highest BCUT2D eigenvalue weighted by Crippen LogP contribution is 2.19. The fraction of sp³-hybridized carbons (Fsp3) is 0.857. The van der Waals surface area contributed by atoms with Crippen LogP contribution in [0.15, 0.2) is 4.99 Å². The summed E-state index contributed by atoms with van der Waals surface area (Å²) in [4.78, 5) is 4.31. The molecule has 1 aliphatic rings. The standard InChI is InChI=1S/C7H13N/c1-5-4-8-7(3)6(5)2/h5-6H,4H2,1-3H3/t5-,6+/m0/s1. The fourth-order valence-corrected chi connectivity index (χ4v) is 1.00. The minimum absolute atomic E-state index is 0.731. The first kappa shape index (κ1) is 5.80. The van der Waals surface area contributed by atoms with Crippen molar-refractivity contribution in [2.45, 2.75) is 20.8 Å². The van der Waals surface area contributed by atoms with Crippen LogP contribution in [-0.2, 0) is 0 Å². The van der Waals surface area contributed by atoms with E-state index >= 15 is 0 Å². The summed E-state index contributed by atoms with van der Waals surface area (Å²) in [6.45, 7) is 7.67. The van der Waals surface area contributed by atoms with Crippen LogP contribution in [0.25, 0.3) is 0 Å². The van der Waals surface area contributed by atoms with Gasteiger partial charge in [-0.1, -0.05) is 13.8 Å². The molecule has 1 aliphatic heterocycles. The molecule has 0 aromatic carbocycles. The highest BCUT2D eigenvalue weighted by molar-refractivity contribution is 5.85. The Kier molecular flexibility index (Phi) is 1.37. The first-order valence-electron chi connectivity index (χ1n) is 3.22. The maximum atomic E-state index is 4.31. The molecule has 1 heterocycles. The molecule has 46 valence electrons. The van der Waals surface area contributed by atoms with Crippen LogP contribution in [0.4, 0.5) is 0 Å². The van der Waals surface area contributed by atoms with Gasteiger partial charge in [0, 0.05) is 12.3 Å². The van der Waals surface area contributed by atoms with E-state index in [0.29, 0.717) is 0 Å². The molecular formula is C7H13N. The van der Waals surface area contributed by atoms with E-state index in [4.69, 9.17) is 0 Å². The van der Waals surface area contributed by atoms with E-state index in [1.54, 1.807) is 0 Å². The number of aliphatic imine (C=N–C) groups is 1. The van der Waals surface area contributed by atoms with Crippen molar-refractivity contribution in [1.29, 1.82) is 0 Å². The quantitative estimate of drug-likeness (QED) is 0.451. The zero-order valence-corrected chi connectivity index (χ0v) is 5.81. The summed E-state index contributed by atoms with van der Waals surface area (Å²) in [5.41, 5.74) is 1.33. The summed E-state index contributed by atoms with van der Waals surface area (Å²) in [6, 6.07) is 0. The summed E-state index contributed by atoms with van der Waals surface area (Å²) in [6.07, 6.45) is 0. The molecule has 8 heavy (non-hydrogen) atoms. The predicted octanol–water partition coefficient (Wildman–Crippen LogP) is 1.73. The molecular weight excluding hydrogens is 98.1 g/mol. The monoisotopic (exact) mass is 111 g/mol. The molecule has 1 rings (SSSR count). The first-order valence-corrected chi connectivity index (χ1v) is 3.22. The summed E-state index contributed by atoms with van der Waals surface area (Å²) in [7, 11) is 0. The Morgan fingerprint density at radius 3 is 2.25 bits per heavy atom. The predicted molar refractivity (Wildman–Crippen MR) is 36.3 cm³/mol. The van der Waals surface area contributed by atoms with Gasteiger partial charge in [-0.05, 0) is 18.8 Å². The highest BCUT2D eigenvalue weighted by Gasteiger charge is 2.19. The number of hydrogen-bond donors (Lipinski definition) is 0. The van der Waals surface area contributed by atoms with Crippen LogP contribution in [0.2, 0.25) is 0 Å². The summed E-state index contributed by atoms with van der Waals surface area (Å²) >= 11 is 0. The smallest absolute Gasteiger partial charge is 0.0420 e. The molecule has 0 unspecified atom stereocenters. The Morgan fingerprint density at radius 2 is 2.12 bits per heavy atom. The third-order valence-electron chi connectivity index (χ3n) is 2.14. The van der Waals surface area contributed by atoms with E-state index in [2.05, 4.69) is 25.8 Å². The van der Waals surface area contributed by atoms with Crippen LogP contribution < -0.4 is 0 Å². The minimum atomic E-state index is 0.731. The lowest BCUT2D eigenvalue weighted by Crippen LogP contribution is -2.09. The zero-order chi connectivity index (χ0) is 6.15. The van der Waals surface area contributed by atoms with Crippen molar-refractivity contribution in [3.05, 3.63) is 0 Å². The van der Waals surface area contributed by atoms with Gasteiger partial charge in [0.1, 0.15) is 0 Å². The molecule has 1 heteroatoms. The second-order valence-corrected chi connectivity index (χ2v) is 2.75. The van der Waals surface area contributed by atoms with Crippen molar-refractivity contribution in [3.63, 3.8) is 0 Å². The van der Waals surface area contributed by atoms with Crippen LogP contribution in [0.1, 0.15) is 20.8 Å². The van der Waals surface area contributed by atoms with Gasteiger partial charge >= 0.3 is 0 Å². The van der Waals surface area contributed by atoms with Crippen LogP contribution in [-0.4, -0.2) is 12.3 Å². The van der Waals surface area contributed by atoms with Gasteiger partial charge < -0.3 is 0 Å². The second kappa shape index (κ2) is 1.88. The zero-order valence-electron chi connectivity index (χ0n) is 5.81. The Balaban J connectivity index is 2.59. The lowest BCUT2D eigenvalue weighted by atomic mass is 9.96.